The third-order valence-corrected chi connectivity index (χ3v) is 6.24. The Hall–Kier alpha value is -1.03. The lowest BCUT2D eigenvalue weighted by Crippen LogP contribution is -2.44. The lowest BCUT2D eigenvalue weighted by molar-refractivity contribution is -0.129. The number of benzene rings is 1. The van der Waals surface area contributed by atoms with E-state index < -0.39 is 0 Å². The minimum absolute atomic E-state index is 0.208. The molecule has 5 heteroatoms. The number of hydrogen-bond donors (Lipinski definition) is 0. The number of halogens is 2. The molecule has 1 amide bonds. The van der Waals surface area contributed by atoms with Gasteiger partial charge < -0.3 is 4.90 Å². The molecule has 2 bridgehead atoms. The van der Waals surface area contributed by atoms with E-state index in [9.17, 15) is 4.79 Å². The van der Waals surface area contributed by atoms with Crippen LogP contribution >= 0.6 is 23.2 Å². The zero-order valence-electron chi connectivity index (χ0n) is 13.7. The molecule has 1 saturated heterocycles. The molecular weight excluding hydrogens is 343 g/mol. The first-order valence-electron chi connectivity index (χ1n) is 8.79. The van der Waals surface area contributed by atoms with E-state index in [1.807, 2.05) is 17.0 Å². The highest BCUT2D eigenvalue weighted by molar-refractivity contribution is 6.42. The number of hydrogen-bond acceptors (Lipinski definition) is 2. The molecule has 24 heavy (non-hydrogen) atoms. The average molecular weight is 365 g/mol. The van der Waals surface area contributed by atoms with E-state index in [1.165, 1.54) is 13.0 Å². The first-order chi connectivity index (χ1) is 11.6. The average Bonchev–Trinajstić information content (AvgIpc) is 3.41. The van der Waals surface area contributed by atoms with Gasteiger partial charge in [0.2, 0.25) is 5.91 Å². The molecule has 2 unspecified atom stereocenters. The Bertz CT molecular complexity index is 684. The highest BCUT2D eigenvalue weighted by atomic mass is 35.5. The Labute approximate surface area is 153 Å². The van der Waals surface area contributed by atoms with Crippen molar-refractivity contribution in [2.75, 3.05) is 19.6 Å². The van der Waals surface area contributed by atoms with Crippen LogP contribution in [0.15, 0.2) is 29.8 Å². The normalized spacial score (nSPS) is 26.0. The van der Waals surface area contributed by atoms with Crippen molar-refractivity contribution in [1.82, 2.24) is 9.80 Å². The van der Waals surface area contributed by atoms with Gasteiger partial charge in [0.15, 0.2) is 0 Å². The van der Waals surface area contributed by atoms with Gasteiger partial charge in [-0.3, -0.25) is 9.69 Å². The predicted octanol–water partition coefficient (Wildman–Crippen LogP) is 4.14. The summed E-state index contributed by atoms with van der Waals surface area (Å²) in [5.74, 6) is 0.608. The Morgan fingerprint density at radius 1 is 1.25 bits per heavy atom. The summed E-state index contributed by atoms with van der Waals surface area (Å²) in [6.07, 6.45) is 6.66. The standard InChI is InChI=1S/C19H22Cl2N2O/c20-17-5-1-3-14(18(17)21)12-23(15-6-7-15)19(24)16-8-10-22-9-2-4-13(16)11-22/h1,3,5,8,13,15H,2,4,6-7,9-12H2. The number of rotatable bonds is 4. The molecule has 1 saturated carbocycles. The molecular formula is C19H22Cl2N2O. The predicted molar refractivity (Wildman–Crippen MR) is 97.3 cm³/mol. The van der Waals surface area contributed by atoms with Crippen molar-refractivity contribution < 1.29 is 4.79 Å². The first kappa shape index (κ1) is 16.4. The maximum Gasteiger partial charge on any atom is 0.250 e. The Balaban J connectivity index is 1.57. The molecule has 0 N–H and O–H groups in total. The van der Waals surface area contributed by atoms with Gasteiger partial charge in [0.05, 0.1) is 10.0 Å². The van der Waals surface area contributed by atoms with Crippen molar-refractivity contribution in [1.29, 1.82) is 0 Å². The lowest BCUT2D eigenvalue weighted by Gasteiger charge is -2.38. The van der Waals surface area contributed by atoms with Crippen molar-refractivity contribution in [2.45, 2.75) is 38.3 Å². The van der Waals surface area contributed by atoms with Crippen molar-refractivity contribution in [2.24, 2.45) is 5.92 Å². The number of fused-ring (bicyclic) bond motifs is 2. The molecule has 2 fully saturated rings. The molecule has 128 valence electrons. The first-order valence-corrected chi connectivity index (χ1v) is 9.55. The van der Waals surface area contributed by atoms with Crippen LogP contribution in [0.3, 0.4) is 0 Å². The van der Waals surface area contributed by atoms with Gasteiger partial charge in [-0.2, -0.15) is 0 Å². The Morgan fingerprint density at radius 2 is 2.08 bits per heavy atom. The number of carbonyl (C=O) groups is 1. The molecule has 3 aliphatic rings. The van der Waals surface area contributed by atoms with Crippen LogP contribution in [0, 0.1) is 5.92 Å². The maximum absolute atomic E-state index is 13.2. The van der Waals surface area contributed by atoms with Gasteiger partial charge in [0.1, 0.15) is 0 Å². The van der Waals surface area contributed by atoms with E-state index in [2.05, 4.69) is 11.0 Å². The molecule has 0 radical (unpaired) electrons. The van der Waals surface area contributed by atoms with Crippen molar-refractivity contribution in [3.8, 4) is 0 Å². The number of carbonyl (C=O) groups excluding carboxylic acids is 1. The van der Waals surface area contributed by atoms with E-state index in [-0.39, 0.29) is 5.91 Å². The van der Waals surface area contributed by atoms with E-state index in [0.29, 0.717) is 28.5 Å². The summed E-state index contributed by atoms with van der Waals surface area (Å²) in [6.45, 7) is 3.66. The molecule has 1 aliphatic carbocycles. The summed E-state index contributed by atoms with van der Waals surface area (Å²) in [5.41, 5.74) is 1.96. The van der Waals surface area contributed by atoms with Crippen LogP contribution < -0.4 is 0 Å². The van der Waals surface area contributed by atoms with Gasteiger partial charge in [-0.25, -0.2) is 0 Å². The minimum atomic E-state index is 0.208. The Kier molecular flexibility index (Phi) is 4.59. The number of amides is 1. The summed E-state index contributed by atoms with van der Waals surface area (Å²) in [4.78, 5) is 17.7. The number of piperidine rings is 1. The van der Waals surface area contributed by atoms with E-state index in [0.717, 1.165) is 43.5 Å². The van der Waals surface area contributed by atoms with Crippen LogP contribution in [-0.2, 0) is 11.3 Å². The summed E-state index contributed by atoms with van der Waals surface area (Å²) >= 11 is 12.5. The minimum Gasteiger partial charge on any atom is -0.332 e. The molecule has 0 aromatic heterocycles. The van der Waals surface area contributed by atoms with Crippen LogP contribution in [0.2, 0.25) is 10.0 Å². The highest BCUT2D eigenvalue weighted by Gasteiger charge is 2.38. The number of nitrogens with zero attached hydrogens (tertiary/aromatic N) is 2. The fourth-order valence-electron chi connectivity index (χ4n) is 3.90. The van der Waals surface area contributed by atoms with E-state index in [1.54, 1.807) is 6.07 Å². The van der Waals surface area contributed by atoms with Crippen LogP contribution in [0.25, 0.3) is 0 Å². The molecule has 2 heterocycles. The second-order valence-electron chi connectivity index (χ2n) is 7.14. The van der Waals surface area contributed by atoms with Gasteiger partial charge in [-0.1, -0.05) is 41.4 Å². The largest absolute Gasteiger partial charge is 0.332 e. The fraction of sp³-hybridized carbons (Fsp3) is 0.526. The van der Waals surface area contributed by atoms with Crippen molar-refractivity contribution in [3.63, 3.8) is 0 Å². The summed E-state index contributed by atoms with van der Waals surface area (Å²) in [7, 11) is 0. The van der Waals surface area contributed by atoms with E-state index in [4.69, 9.17) is 23.2 Å². The van der Waals surface area contributed by atoms with Crippen LogP contribution in [0.5, 0.6) is 0 Å². The topological polar surface area (TPSA) is 23.6 Å². The zero-order chi connectivity index (χ0) is 16.7. The third kappa shape index (κ3) is 3.22. The molecule has 4 rings (SSSR count). The zero-order valence-corrected chi connectivity index (χ0v) is 15.2. The second kappa shape index (κ2) is 6.70. The summed E-state index contributed by atoms with van der Waals surface area (Å²) in [6, 6.07) is 6.01. The SMILES string of the molecule is O=C(C1=CCN2CCCC1C2)N(Cc1cccc(Cl)c1Cl)C1CC1. The second-order valence-corrected chi connectivity index (χ2v) is 7.92. The van der Waals surface area contributed by atoms with Crippen molar-refractivity contribution >= 4 is 29.1 Å². The molecule has 0 spiro atoms. The molecule has 2 aliphatic heterocycles. The quantitative estimate of drug-likeness (QED) is 0.801. The van der Waals surface area contributed by atoms with Crippen molar-refractivity contribution in [3.05, 3.63) is 45.5 Å². The smallest absolute Gasteiger partial charge is 0.250 e. The van der Waals surface area contributed by atoms with Gasteiger partial charge in [0.25, 0.3) is 0 Å². The summed E-state index contributed by atoms with van der Waals surface area (Å²) in [5, 5.41) is 1.12. The van der Waals surface area contributed by atoms with Crippen LogP contribution in [0.4, 0.5) is 0 Å². The highest BCUT2D eigenvalue weighted by Crippen LogP contribution is 2.36. The third-order valence-electron chi connectivity index (χ3n) is 5.38. The molecule has 2 atom stereocenters. The fourth-order valence-corrected chi connectivity index (χ4v) is 4.28. The van der Waals surface area contributed by atoms with Gasteiger partial charge in [0, 0.05) is 37.2 Å². The summed E-state index contributed by atoms with van der Waals surface area (Å²) < 4.78 is 0. The monoisotopic (exact) mass is 364 g/mol. The molecule has 3 nitrogen and oxygen atoms in total. The van der Waals surface area contributed by atoms with Gasteiger partial charge in [-0.15, -0.1) is 0 Å². The lowest BCUT2D eigenvalue weighted by atomic mass is 9.86. The van der Waals surface area contributed by atoms with E-state index >= 15 is 0 Å². The van der Waals surface area contributed by atoms with Crippen LogP contribution in [0.1, 0.15) is 31.2 Å². The maximum atomic E-state index is 13.2. The van der Waals surface area contributed by atoms with Gasteiger partial charge in [-0.05, 0) is 43.9 Å². The molecule has 1 aromatic carbocycles. The van der Waals surface area contributed by atoms with Crippen LogP contribution in [-0.4, -0.2) is 41.4 Å². The van der Waals surface area contributed by atoms with Gasteiger partial charge >= 0.3 is 0 Å². The molecule has 1 aromatic rings. The Morgan fingerprint density at radius 3 is 2.88 bits per heavy atom.